The summed E-state index contributed by atoms with van der Waals surface area (Å²) in [6.07, 6.45) is 0.258. The molecule has 0 spiro atoms. The number of carbonyl (C=O) groups is 1. The van der Waals surface area contributed by atoms with E-state index in [1.54, 1.807) is 25.2 Å². The Morgan fingerprint density at radius 3 is 2.47 bits per heavy atom. The molecule has 0 saturated heterocycles. The Labute approximate surface area is 110 Å². The first-order chi connectivity index (χ1) is 9.10. The summed E-state index contributed by atoms with van der Waals surface area (Å²) in [5, 5.41) is 2.54. The maximum absolute atomic E-state index is 13.2. The number of nitrogens with one attached hydrogen (secondary N) is 1. The zero-order valence-electron chi connectivity index (χ0n) is 10.4. The van der Waals surface area contributed by atoms with E-state index in [2.05, 4.69) is 5.32 Å². The first-order valence-electron chi connectivity index (χ1n) is 5.85. The van der Waals surface area contributed by atoms with Crippen molar-refractivity contribution in [2.45, 2.75) is 6.42 Å². The minimum atomic E-state index is -0.880. The molecule has 0 atom stereocenters. The lowest BCUT2D eigenvalue weighted by atomic mass is 10.0. The third-order valence-corrected chi connectivity index (χ3v) is 2.82. The molecule has 1 N–H and O–H groups in total. The van der Waals surface area contributed by atoms with Crippen LogP contribution < -0.4 is 5.32 Å². The van der Waals surface area contributed by atoms with Crippen LogP contribution in [0.15, 0.2) is 42.5 Å². The van der Waals surface area contributed by atoms with Crippen molar-refractivity contribution in [2.24, 2.45) is 0 Å². The van der Waals surface area contributed by atoms with Crippen LogP contribution in [0.4, 0.5) is 8.78 Å². The third kappa shape index (κ3) is 3.16. The smallest absolute Gasteiger partial charge is 0.224 e. The maximum atomic E-state index is 13.2. The Morgan fingerprint density at radius 1 is 1.05 bits per heavy atom. The van der Waals surface area contributed by atoms with Gasteiger partial charge in [-0.15, -0.1) is 0 Å². The van der Waals surface area contributed by atoms with Gasteiger partial charge in [0.1, 0.15) is 0 Å². The van der Waals surface area contributed by atoms with Gasteiger partial charge in [0.05, 0.1) is 6.42 Å². The average molecular weight is 261 g/mol. The van der Waals surface area contributed by atoms with E-state index >= 15 is 0 Å². The van der Waals surface area contributed by atoms with E-state index in [9.17, 15) is 13.6 Å². The van der Waals surface area contributed by atoms with Gasteiger partial charge in [-0.25, -0.2) is 8.78 Å². The zero-order valence-corrected chi connectivity index (χ0v) is 10.4. The van der Waals surface area contributed by atoms with Crippen molar-refractivity contribution in [1.82, 2.24) is 5.32 Å². The lowest BCUT2D eigenvalue weighted by Gasteiger charge is -2.06. The van der Waals surface area contributed by atoms with Crippen molar-refractivity contribution in [2.75, 3.05) is 7.05 Å². The van der Waals surface area contributed by atoms with Crippen LogP contribution in [0.5, 0.6) is 0 Å². The van der Waals surface area contributed by atoms with E-state index in [1.807, 2.05) is 6.07 Å². The standard InChI is InChI=1S/C15H13F2NO/c1-18-15(19)8-10-3-2-4-11(7-10)12-5-6-13(16)14(17)9-12/h2-7,9H,8H2,1H3,(H,18,19). The van der Waals surface area contributed by atoms with E-state index in [4.69, 9.17) is 0 Å². The quantitative estimate of drug-likeness (QED) is 0.904. The highest BCUT2D eigenvalue weighted by Crippen LogP contribution is 2.22. The molecular weight excluding hydrogens is 248 g/mol. The molecule has 0 fully saturated rings. The lowest BCUT2D eigenvalue weighted by molar-refractivity contribution is -0.119. The molecule has 0 aromatic heterocycles. The maximum Gasteiger partial charge on any atom is 0.224 e. The third-order valence-electron chi connectivity index (χ3n) is 2.82. The van der Waals surface area contributed by atoms with Gasteiger partial charge in [0.15, 0.2) is 11.6 Å². The van der Waals surface area contributed by atoms with Crippen LogP contribution in [0.25, 0.3) is 11.1 Å². The van der Waals surface area contributed by atoms with Gasteiger partial charge in [-0.3, -0.25) is 4.79 Å². The molecule has 0 aliphatic carbocycles. The van der Waals surface area contributed by atoms with Crippen molar-refractivity contribution in [3.8, 4) is 11.1 Å². The molecule has 0 radical (unpaired) electrons. The number of hydrogen-bond acceptors (Lipinski definition) is 1. The van der Waals surface area contributed by atoms with Gasteiger partial charge in [-0.2, -0.15) is 0 Å². The molecule has 2 rings (SSSR count). The molecule has 0 heterocycles. The number of benzene rings is 2. The fourth-order valence-electron chi connectivity index (χ4n) is 1.81. The Balaban J connectivity index is 2.32. The summed E-state index contributed by atoms with van der Waals surface area (Å²) in [6, 6.07) is 10.9. The molecule has 0 bridgehead atoms. The van der Waals surface area contributed by atoms with Gasteiger partial charge in [-0.1, -0.05) is 30.3 Å². The molecule has 0 aliphatic heterocycles. The van der Waals surface area contributed by atoms with E-state index in [0.717, 1.165) is 23.3 Å². The average Bonchev–Trinajstić information content (AvgIpc) is 2.42. The summed E-state index contributed by atoms with van der Waals surface area (Å²) in [7, 11) is 1.57. The van der Waals surface area contributed by atoms with Gasteiger partial charge >= 0.3 is 0 Å². The fourth-order valence-corrected chi connectivity index (χ4v) is 1.81. The number of rotatable bonds is 3. The van der Waals surface area contributed by atoms with Crippen molar-refractivity contribution >= 4 is 5.91 Å². The summed E-state index contributed by atoms with van der Waals surface area (Å²) >= 11 is 0. The first kappa shape index (κ1) is 13.2. The highest BCUT2D eigenvalue weighted by atomic mass is 19.2. The summed E-state index contributed by atoms with van der Waals surface area (Å²) in [6.45, 7) is 0. The second kappa shape index (κ2) is 5.61. The molecule has 0 unspecified atom stereocenters. The highest BCUT2D eigenvalue weighted by molar-refractivity contribution is 5.79. The second-order valence-corrected chi connectivity index (χ2v) is 4.18. The van der Waals surface area contributed by atoms with Gasteiger partial charge < -0.3 is 5.32 Å². The number of amides is 1. The van der Waals surface area contributed by atoms with Crippen molar-refractivity contribution in [3.05, 3.63) is 59.7 Å². The predicted molar refractivity (Wildman–Crippen MR) is 69.6 cm³/mol. The van der Waals surface area contributed by atoms with Crippen molar-refractivity contribution in [3.63, 3.8) is 0 Å². The topological polar surface area (TPSA) is 29.1 Å². The number of carbonyl (C=O) groups excluding carboxylic acids is 1. The number of halogens is 2. The summed E-state index contributed by atoms with van der Waals surface area (Å²) < 4.78 is 26.1. The minimum Gasteiger partial charge on any atom is -0.359 e. The Hall–Kier alpha value is -2.23. The van der Waals surface area contributed by atoms with Crippen molar-refractivity contribution in [1.29, 1.82) is 0 Å². The summed E-state index contributed by atoms with van der Waals surface area (Å²) in [5.74, 6) is -1.85. The van der Waals surface area contributed by atoms with Crippen LogP contribution in [0.3, 0.4) is 0 Å². The van der Waals surface area contributed by atoms with Crippen LogP contribution in [0.2, 0.25) is 0 Å². The SMILES string of the molecule is CNC(=O)Cc1cccc(-c2ccc(F)c(F)c2)c1. The van der Waals surface area contributed by atoms with E-state index in [1.165, 1.54) is 6.07 Å². The van der Waals surface area contributed by atoms with Gasteiger partial charge in [0.25, 0.3) is 0 Å². The number of likely N-dealkylation sites (N-methyl/N-ethyl adjacent to an activating group) is 1. The molecule has 2 aromatic carbocycles. The van der Waals surface area contributed by atoms with E-state index in [-0.39, 0.29) is 12.3 Å². The van der Waals surface area contributed by atoms with Crippen LogP contribution in [-0.2, 0) is 11.2 Å². The summed E-state index contributed by atoms with van der Waals surface area (Å²) in [4.78, 5) is 11.3. The number of hydrogen-bond donors (Lipinski definition) is 1. The monoisotopic (exact) mass is 261 g/mol. The fraction of sp³-hybridized carbons (Fsp3) is 0.133. The Kier molecular flexibility index (Phi) is 3.90. The molecule has 0 aliphatic rings. The zero-order chi connectivity index (χ0) is 13.8. The van der Waals surface area contributed by atoms with E-state index in [0.29, 0.717) is 5.56 Å². The highest BCUT2D eigenvalue weighted by Gasteiger charge is 2.06. The second-order valence-electron chi connectivity index (χ2n) is 4.18. The lowest BCUT2D eigenvalue weighted by Crippen LogP contribution is -2.19. The summed E-state index contributed by atoms with van der Waals surface area (Å²) in [5.41, 5.74) is 2.15. The Morgan fingerprint density at radius 2 is 1.79 bits per heavy atom. The first-order valence-corrected chi connectivity index (χ1v) is 5.85. The molecule has 19 heavy (non-hydrogen) atoms. The van der Waals surface area contributed by atoms with Crippen LogP contribution in [0.1, 0.15) is 5.56 Å². The van der Waals surface area contributed by atoms with Crippen LogP contribution >= 0.6 is 0 Å². The van der Waals surface area contributed by atoms with E-state index < -0.39 is 11.6 Å². The molecule has 2 aromatic rings. The van der Waals surface area contributed by atoms with Crippen LogP contribution in [-0.4, -0.2) is 13.0 Å². The Bertz CT molecular complexity index is 611. The van der Waals surface area contributed by atoms with Crippen LogP contribution in [0, 0.1) is 11.6 Å². The normalized spacial score (nSPS) is 10.3. The predicted octanol–water partition coefficient (Wildman–Crippen LogP) is 2.92. The van der Waals surface area contributed by atoms with Gasteiger partial charge in [-0.05, 0) is 28.8 Å². The van der Waals surface area contributed by atoms with Gasteiger partial charge in [0.2, 0.25) is 5.91 Å². The largest absolute Gasteiger partial charge is 0.359 e. The molecule has 2 nitrogen and oxygen atoms in total. The minimum absolute atomic E-state index is 0.0950. The molecule has 98 valence electrons. The molecular formula is C15H13F2NO. The molecule has 0 saturated carbocycles. The molecule has 4 heteroatoms. The molecule has 1 amide bonds. The van der Waals surface area contributed by atoms with Gasteiger partial charge in [0, 0.05) is 7.05 Å². The van der Waals surface area contributed by atoms with Crippen molar-refractivity contribution < 1.29 is 13.6 Å².